The lowest BCUT2D eigenvalue weighted by molar-refractivity contribution is -0.119. The van der Waals surface area contributed by atoms with Crippen molar-refractivity contribution in [2.24, 2.45) is 10.5 Å². The van der Waals surface area contributed by atoms with E-state index < -0.39 is 11.2 Å². The quantitative estimate of drug-likeness (QED) is 0.468. The second-order valence-corrected chi connectivity index (χ2v) is 6.73. The number of benzene rings is 2. The number of rotatable bonds is 4. The van der Waals surface area contributed by atoms with Gasteiger partial charge in [0.25, 0.3) is 0 Å². The number of amidine groups is 1. The van der Waals surface area contributed by atoms with E-state index in [2.05, 4.69) is 15.8 Å². The number of carbonyl (C=O) groups excluding carboxylic acids is 1. The molecule has 0 atom stereocenters. The number of ketones is 1. The molecule has 24 heavy (non-hydrogen) atoms. The minimum Gasteiger partial charge on any atom is -0.336 e. The molecule has 0 amide bonds. The lowest BCUT2D eigenvalue weighted by Crippen LogP contribution is -2.34. The summed E-state index contributed by atoms with van der Waals surface area (Å²) in [4.78, 5) is 12.6. The first-order valence-corrected chi connectivity index (χ1v) is 7.80. The molecule has 0 unspecified atom stereocenters. The summed E-state index contributed by atoms with van der Waals surface area (Å²) < 4.78 is 13.4. The van der Waals surface area contributed by atoms with Crippen LogP contribution in [0.3, 0.4) is 0 Å². The van der Waals surface area contributed by atoms with E-state index >= 15 is 0 Å². The molecule has 2 aromatic carbocycles. The highest BCUT2D eigenvalue weighted by molar-refractivity contribution is 6.44. The fourth-order valence-corrected chi connectivity index (χ4v) is 2.06. The summed E-state index contributed by atoms with van der Waals surface area (Å²) in [5.74, 6) is -0.514. The predicted molar refractivity (Wildman–Crippen MR) is 97.0 cm³/mol. The summed E-state index contributed by atoms with van der Waals surface area (Å²) in [6.07, 6.45) is 0. The van der Waals surface area contributed by atoms with Gasteiger partial charge in [0.2, 0.25) is 5.78 Å². The molecule has 0 aliphatic rings. The van der Waals surface area contributed by atoms with Gasteiger partial charge >= 0.3 is 0 Å². The van der Waals surface area contributed by atoms with Gasteiger partial charge in [0.1, 0.15) is 5.82 Å². The van der Waals surface area contributed by atoms with Gasteiger partial charge in [-0.25, -0.2) is 4.39 Å². The van der Waals surface area contributed by atoms with Crippen LogP contribution in [0.2, 0.25) is 5.02 Å². The molecule has 0 heterocycles. The molecule has 0 aromatic heterocycles. The monoisotopic (exact) mass is 347 g/mol. The number of anilines is 2. The SMILES string of the molecule is CC(C)(C)C(=O)/C(=N/Nc1cccc(Cl)c1)Nc1cccc(F)c1. The van der Waals surface area contributed by atoms with Gasteiger partial charge in [-0.2, -0.15) is 5.10 Å². The van der Waals surface area contributed by atoms with Crippen LogP contribution in [0.4, 0.5) is 15.8 Å². The number of Topliss-reactive ketones (excluding diaryl/α,β-unsaturated/α-hetero) is 1. The van der Waals surface area contributed by atoms with E-state index in [-0.39, 0.29) is 11.6 Å². The van der Waals surface area contributed by atoms with Crippen molar-refractivity contribution in [2.75, 3.05) is 10.7 Å². The largest absolute Gasteiger partial charge is 0.336 e. The highest BCUT2D eigenvalue weighted by Gasteiger charge is 2.27. The first kappa shape index (κ1) is 17.9. The van der Waals surface area contributed by atoms with Crippen LogP contribution in [0, 0.1) is 11.2 Å². The smallest absolute Gasteiger partial charge is 0.205 e. The summed E-state index contributed by atoms with van der Waals surface area (Å²) >= 11 is 5.93. The van der Waals surface area contributed by atoms with E-state index in [1.165, 1.54) is 12.1 Å². The molecule has 2 aromatic rings. The van der Waals surface area contributed by atoms with E-state index in [1.54, 1.807) is 57.2 Å². The zero-order valence-corrected chi connectivity index (χ0v) is 14.5. The Hall–Kier alpha value is -2.40. The Morgan fingerprint density at radius 1 is 1.08 bits per heavy atom. The third kappa shape index (κ3) is 5.06. The molecule has 0 saturated carbocycles. The first-order chi connectivity index (χ1) is 11.3. The molecule has 126 valence electrons. The van der Waals surface area contributed by atoms with Crippen LogP contribution in [0.25, 0.3) is 0 Å². The summed E-state index contributed by atoms with van der Waals surface area (Å²) in [5.41, 5.74) is 3.24. The normalized spacial score (nSPS) is 12.0. The number of nitrogens with one attached hydrogen (secondary N) is 2. The van der Waals surface area contributed by atoms with Crippen molar-refractivity contribution in [3.05, 3.63) is 59.4 Å². The Balaban J connectivity index is 2.28. The number of nitrogens with zero attached hydrogens (tertiary/aromatic N) is 1. The molecule has 0 radical (unpaired) electrons. The van der Waals surface area contributed by atoms with Gasteiger partial charge < -0.3 is 5.32 Å². The molecule has 0 fully saturated rings. The highest BCUT2D eigenvalue weighted by atomic mass is 35.5. The Morgan fingerprint density at radius 3 is 2.38 bits per heavy atom. The molecular weight excluding hydrogens is 329 g/mol. The zero-order valence-electron chi connectivity index (χ0n) is 13.7. The number of hydrogen-bond acceptors (Lipinski definition) is 3. The molecule has 6 heteroatoms. The summed E-state index contributed by atoms with van der Waals surface area (Å²) in [7, 11) is 0. The summed E-state index contributed by atoms with van der Waals surface area (Å²) in [5, 5.41) is 7.58. The molecule has 2 N–H and O–H groups in total. The second-order valence-electron chi connectivity index (χ2n) is 6.30. The van der Waals surface area contributed by atoms with Crippen LogP contribution < -0.4 is 10.7 Å². The Bertz CT molecular complexity index is 769. The predicted octanol–water partition coefficient (Wildman–Crippen LogP) is 4.93. The number of hydrogen-bond donors (Lipinski definition) is 2. The number of hydrazone groups is 1. The van der Waals surface area contributed by atoms with Crippen molar-refractivity contribution in [1.82, 2.24) is 0 Å². The second kappa shape index (κ2) is 7.45. The third-order valence-electron chi connectivity index (χ3n) is 3.11. The molecular formula is C18H19ClFN3O. The lowest BCUT2D eigenvalue weighted by atomic mass is 9.90. The molecule has 0 bridgehead atoms. The van der Waals surface area contributed by atoms with Crippen molar-refractivity contribution in [3.63, 3.8) is 0 Å². The van der Waals surface area contributed by atoms with Gasteiger partial charge in [0.15, 0.2) is 5.84 Å². The molecule has 4 nitrogen and oxygen atoms in total. The van der Waals surface area contributed by atoms with E-state index in [4.69, 9.17) is 11.6 Å². The van der Waals surface area contributed by atoms with Crippen molar-refractivity contribution >= 4 is 34.6 Å². The van der Waals surface area contributed by atoms with Crippen LogP contribution in [-0.4, -0.2) is 11.6 Å². The van der Waals surface area contributed by atoms with Crippen LogP contribution >= 0.6 is 11.6 Å². The van der Waals surface area contributed by atoms with Gasteiger partial charge in [-0.05, 0) is 36.4 Å². The number of halogens is 2. The van der Waals surface area contributed by atoms with Gasteiger partial charge in [0.05, 0.1) is 5.69 Å². The van der Waals surface area contributed by atoms with E-state index in [0.717, 1.165) is 0 Å². The topological polar surface area (TPSA) is 53.5 Å². The number of carbonyl (C=O) groups is 1. The fraction of sp³-hybridized carbons (Fsp3) is 0.222. The van der Waals surface area contributed by atoms with Crippen LogP contribution in [0.15, 0.2) is 53.6 Å². The van der Waals surface area contributed by atoms with Crippen LogP contribution in [-0.2, 0) is 4.79 Å². The van der Waals surface area contributed by atoms with Crippen molar-refractivity contribution in [1.29, 1.82) is 0 Å². The summed E-state index contributed by atoms with van der Waals surface area (Å²) in [6.45, 7) is 5.37. The highest BCUT2D eigenvalue weighted by Crippen LogP contribution is 2.19. The molecule has 0 spiro atoms. The summed E-state index contributed by atoms with van der Waals surface area (Å²) in [6, 6.07) is 12.8. The maximum atomic E-state index is 13.4. The Labute approximate surface area is 145 Å². The van der Waals surface area contributed by atoms with Crippen molar-refractivity contribution < 1.29 is 9.18 Å². The fourth-order valence-electron chi connectivity index (χ4n) is 1.87. The standard InChI is InChI=1S/C18H19ClFN3O/c1-18(2,3)16(24)17(21-14-8-5-7-13(20)11-14)23-22-15-9-4-6-12(19)10-15/h4-11,22H,1-3H3,(H,21,23). The zero-order chi connectivity index (χ0) is 17.7. The van der Waals surface area contributed by atoms with Crippen molar-refractivity contribution in [3.8, 4) is 0 Å². The average molecular weight is 348 g/mol. The van der Waals surface area contributed by atoms with Gasteiger partial charge in [-0.3, -0.25) is 10.2 Å². The van der Waals surface area contributed by atoms with E-state index in [0.29, 0.717) is 16.4 Å². The molecule has 0 aliphatic heterocycles. The third-order valence-corrected chi connectivity index (χ3v) is 3.34. The van der Waals surface area contributed by atoms with Crippen molar-refractivity contribution in [2.45, 2.75) is 20.8 Å². The van der Waals surface area contributed by atoms with Gasteiger partial charge in [-0.15, -0.1) is 0 Å². The minimum absolute atomic E-state index is 0.0908. The van der Waals surface area contributed by atoms with Gasteiger partial charge in [-0.1, -0.05) is 44.5 Å². The van der Waals surface area contributed by atoms with Crippen LogP contribution in [0.5, 0.6) is 0 Å². The maximum absolute atomic E-state index is 13.4. The van der Waals surface area contributed by atoms with Crippen LogP contribution in [0.1, 0.15) is 20.8 Å². The Morgan fingerprint density at radius 2 is 1.75 bits per heavy atom. The van der Waals surface area contributed by atoms with E-state index in [9.17, 15) is 9.18 Å². The molecule has 0 saturated heterocycles. The Kier molecular flexibility index (Phi) is 5.57. The lowest BCUT2D eigenvalue weighted by Gasteiger charge is -2.19. The first-order valence-electron chi connectivity index (χ1n) is 7.42. The molecule has 2 rings (SSSR count). The average Bonchev–Trinajstić information content (AvgIpc) is 2.50. The molecule has 0 aliphatic carbocycles. The maximum Gasteiger partial charge on any atom is 0.205 e. The van der Waals surface area contributed by atoms with E-state index in [1.807, 2.05) is 0 Å². The minimum atomic E-state index is -0.644. The van der Waals surface area contributed by atoms with Gasteiger partial charge in [0, 0.05) is 16.1 Å².